The number of para-hydroxylation sites is 1. The van der Waals surface area contributed by atoms with Crippen LogP contribution in [0, 0.1) is 0 Å². The molecule has 1 aliphatic rings. The zero-order chi connectivity index (χ0) is 12.4. The van der Waals surface area contributed by atoms with E-state index in [-0.39, 0.29) is 0 Å². The molecule has 0 amide bonds. The lowest BCUT2D eigenvalue weighted by atomic mass is 9.96. The van der Waals surface area contributed by atoms with Crippen LogP contribution >= 0.6 is 0 Å². The Labute approximate surface area is 107 Å². The molecule has 0 fully saturated rings. The van der Waals surface area contributed by atoms with E-state index < -0.39 is 0 Å². The number of hydrogen-bond acceptors (Lipinski definition) is 2. The van der Waals surface area contributed by atoms with Crippen molar-refractivity contribution in [1.29, 1.82) is 0 Å². The summed E-state index contributed by atoms with van der Waals surface area (Å²) in [6.07, 6.45) is 2.22. The summed E-state index contributed by atoms with van der Waals surface area (Å²) in [6, 6.07) is 14.8. The molecule has 2 heteroatoms. The second-order valence-corrected chi connectivity index (χ2v) is 4.65. The van der Waals surface area contributed by atoms with Gasteiger partial charge in [-0.05, 0) is 35.6 Å². The van der Waals surface area contributed by atoms with Crippen molar-refractivity contribution < 1.29 is 4.74 Å². The summed E-state index contributed by atoms with van der Waals surface area (Å²) < 4.78 is 5.85. The summed E-state index contributed by atoms with van der Waals surface area (Å²) in [7, 11) is 0. The van der Waals surface area contributed by atoms with Gasteiger partial charge in [-0.2, -0.15) is 0 Å². The van der Waals surface area contributed by atoms with Crippen LogP contribution < -0.4 is 10.5 Å². The topological polar surface area (TPSA) is 35.2 Å². The Morgan fingerprint density at radius 2 is 2.00 bits per heavy atom. The minimum Gasteiger partial charge on any atom is -0.493 e. The molecule has 2 aromatic rings. The molecule has 2 aromatic carbocycles. The zero-order valence-corrected chi connectivity index (χ0v) is 10.4. The summed E-state index contributed by atoms with van der Waals surface area (Å²) in [5, 5.41) is 0. The highest BCUT2D eigenvalue weighted by molar-refractivity contribution is 5.73. The first kappa shape index (κ1) is 11.3. The molecule has 0 bridgehead atoms. The smallest absolute Gasteiger partial charge is 0.130 e. The van der Waals surface area contributed by atoms with E-state index in [9.17, 15) is 0 Å². The quantitative estimate of drug-likeness (QED) is 0.873. The molecular weight excluding hydrogens is 222 g/mol. The molecule has 2 N–H and O–H groups in total. The van der Waals surface area contributed by atoms with Crippen LogP contribution in [-0.2, 0) is 13.0 Å². The summed E-state index contributed by atoms with van der Waals surface area (Å²) in [5.74, 6) is 1.05. The summed E-state index contributed by atoms with van der Waals surface area (Å²) >= 11 is 0. The number of rotatable bonds is 2. The van der Waals surface area contributed by atoms with Gasteiger partial charge in [0.1, 0.15) is 5.75 Å². The molecule has 0 unspecified atom stereocenters. The number of hydrogen-bond donors (Lipinski definition) is 1. The number of nitrogens with two attached hydrogens (primary N) is 1. The SMILES string of the molecule is NCc1cccc(-c2cccc3c2OCCC3)c1. The van der Waals surface area contributed by atoms with E-state index >= 15 is 0 Å². The summed E-state index contributed by atoms with van der Waals surface area (Å²) in [6.45, 7) is 1.39. The molecule has 1 heterocycles. The van der Waals surface area contributed by atoms with Gasteiger partial charge in [-0.15, -0.1) is 0 Å². The first-order valence-electron chi connectivity index (χ1n) is 6.42. The van der Waals surface area contributed by atoms with Crippen molar-refractivity contribution in [1.82, 2.24) is 0 Å². The van der Waals surface area contributed by atoms with Crippen LogP contribution in [-0.4, -0.2) is 6.61 Å². The van der Waals surface area contributed by atoms with Gasteiger partial charge in [-0.1, -0.05) is 36.4 Å². The molecule has 18 heavy (non-hydrogen) atoms. The van der Waals surface area contributed by atoms with Gasteiger partial charge in [0, 0.05) is 12.1 Å². The molecule has 0 radical (unpaired) electrons. The Morgan fingerprint density at radius 1 is 1.11 bits per heavy atom. The fourth-order valence-electron chi connectivity index (χ4n) is 2.48. The minimum absolute atomic E-state index is 0.573. The van der Waals surface area contributed by atoms with Gasteiger partial charge in [0.2, 0.25) is 0 Å². The molecule has 0 spiro atoms. The van der Waals surface area contributed by atoms with Gasteiger partial charge in [0.05, 0.1) is 6.61 Å². The number of fused-ring (bicyclic) bond motifs is 1. The van der Waals surface area contributed by atoms with E-state index in [0.29, 0.717) is 6.54 Å². The summed E-state index contributed by atoms with van der Waals surface area (Å²) in [5.41, 5.74) is 10.5. The van der Waals surface area contributed by atoms with Crippen molar-refractivity contribution in [3.8, 4) is 16.9 Å². The maximum atomic E-state index is 5.85. The minimum atomic E-state index is 0.573. The van der Waals surface area contributed by atoms with Gasteiger partial charge in [0.15, 0.2) is 0 Å². The number of ether oxygens (including phenoxy) is 1. The van der Waals surface area contributed by atoms with Gasteiger partial charge in [0.25, 0.3) is 0 Å². The van der Waals surface area contributed by atoms with Crippen LogP contribution in [0.1, 0.15) is 17.5 Å². The molecule has 0 saturated heterocycles. The van der Waals surface area contributed by atoms with Crippen LogP contribution in [0.4, 0.5) is 0 Å². The second kappa shape index (κ2) is 4.83. The highest BCUT2D eigenvalue weighted by atomic mass is 16.5. The van der Waals surface area contributed by atoms with E-state index in [2.05, 4.69) is 42.5 Å². The van der Waals surface area contributed by atoms with Gasteiger partial charge in [-0.3, -0.25) is 0 Å². The lowest BCUT2D eigenvalue weighted by Gasteiger charge is -2.20. The van der Waals surface area contributed by atoms with Crippen LogP contribution in [0.3, 0.4) is 0 Å². The third-order valence-corrected chi connectivity index (χ3v) is 3.41. The van der Waals surface area contributed by atoms with Crippen molar-refractivity contribution in [3.05, 3.63) is 53.6 Å². The Morgan fingerprint density at radius 3 is 2.89 bits per heavy atom. The molecule has 0 atom stereocenters. The fraction of sp³-hybridized carbons (Fsp3) is 0.250. The van der Waals surface area contributed by atoms with Crippen LogP contribution in [0.15, 0.2) is 42.5 Å². The first-order valence-corrected chi connectivity index (χ1v) is 6.42. The van der Waals surface area contributed by atoms with E-state index in [0.717, 1.165) is 30.8 Å². The van der Waals surface area contributed by atoms with Gasteiger partial charge < -0.3 is 10.5 Å². The third-order valence-electron chi connectivity index (χ3n) is 3.41. The van der Waals surface area contributed by atoms with Crippen molar-refractivity contribution in [2.24, 2.45) is 5.73 Å². The lowest BCUT2D eigenvalue weighted by molar-refractivity contribution is 0.289. The van der Waals surface area contributed by atoms with Gasteiger partial charge in [-0.25, -0.2) is 0 Å². The molecular formula is C16H17NO. The normalized spacial score (nSPS) is 13.8. The van der Waals surface area contributed by atoms with Crippen molar-refractivity contribution in [2.45, 2.75) is 19.4 Å². The Bertz CT molecular complexity index is 563. The zero-order valence-electron chi connectivity index (χ0n) is 10.4. The highest BCUT2D eigenvalue weighted by Gasteiger charge is 2.15. The molecule has 0 aliphatic carbocycles. The Kier molecular flexibility index (Phi) is 3.03. The van der Waals surface area contributed by atoms with Crippen LogP contribution in [0.25, 0.3) is 11.1 Å². The standard InChI is InChI=1S/C16H17NO/c17-11-12-4-1-6-14(10-12)15-8-2-5-13-7-3-9-18-16(13)15/h1-2,4-6,8,10H,3,7,9,11,17H2. The molecule has 0 saturated carbocycles. The fourth-order valence-corrected chi connectivity index (χ4v) is 2.48. The Balaban J connectivity index is 2.10. The maximum Gasteiger partial charge on any atom is 0.130 e. The average Bonchev–Trinajstić information content (AvgIpc) is 2.47. The first-order chi connectivity index (χ1) is 8.88. The predicted molar refractivity (Wildman–Crippen MR) is 73.6 cm³/mol. The molecule has 3 rings (SSSR count). The highest BCUT2D eigenvalue weighted by Crippen LogP contribution is 2.36. The predicted octanol–water partition coefficient (Wildman–Crippen LogP) is 3.14. The number of aryl methyl sites for hydroxylation is 1. The largest absolute Gasteiger partial charge is 0.493 e. The van der Waals surface area contributed by atoms with Gasteiger partial charge >= 0.3 is 0 Å². The van der Waals surface area contributed by atoms with Crippen molar-refractivity contribution in [2.75, 3.05) is 6.61 Å². The molecule has 1 aliphatic heterocycles. The average molecular weight is 239 g/mol. The van der Waals surface area contributed by atoms with E-state index in [1.165, 1.54) is 16.7 Å². The van der Waals surface area contributed by atoms with Crippen LogP contribution in [0.5, 0.6) is 5.75 Å². The van der Waals surface area contributed by atoms with Crippen molar-refractivity contribution >= 4 is 0 Å². The van der Waals surface area contributed by atoms with E-state index in [1.807, 2.05) is 0 Å². The maximum absolute atomic E-state index is 5.85. The lowest BCUT2D eigenvalue weighted by Crippen LogP contribution is -2.09. The molecule has 2 nitrogen and oxygen atoms in total. The number of benzene rings is 2. The van der Waals surface area contributed by atoms with Crippen molar-refractivity contribution in [3.63, 3.8) is 0 Å². The second-order valence-electron chi connectivity index (χ2n) is 4.65. The van der Waals surface area contributed by atoms with Crippen LogP contribution in [0.2, 0.25) is 0 Å². The van der Waals surface area contributed by atoms with E-state index in [4.69, 9.17) is 10.5 Å². The van der Waals surface area contributed by atoms with E-state index in [1.54, 1.807) is 0 Å². The molecule has 0 aromatic heterocycles. The third kappa shape index (κ3) is 2.00. The molecule has 92 valence electrons. The Hall–Kier alpha value is -1.80. The monoisotopic (exact) mass is 239 g/mol. The summed E-state index contributed by atoms with van der Waals surface area (Å²) in [4.78, 5) is 0.